The summed E-state index contributed by atoms with van der Waals surface area (Å²) in [6.07, 6.45) is 40.0. The Hall–Kier alpha value is -2.71. The van der Waals surface area contributed by atoms with Crippen LogP contribution in [0.5, 0.6) is 0 Å². The minimum atomic E-state index is -0.881. The minimum Gasteiger partial charge on any atom is -0.477 e. The first-order valence-electron chi connectivity index (χ1n) is 20.7. The van der Waals surface area contributed by atoms with Gasteiger partial charge in [0.05, 0.1) is 34.4 Å². The van der Waals surface area contributed by atoms with E-state index in [4.69, 9.17) is 14.2 Å². The molecule has 0 fully saturated rings. The highest BCUT2D eigenvalue weighted by molar-refractivity contribution is 5.72. The molecule has 0 heterocycles. The van der Waals surface area contributed by atoms with Crippen LogP contribution in [-0.4, -0.2) is 80.6 Å². The van der Waals surface area contributed by atoms with Crippen molar-refractivity contribution >= 4 is 17.9 Å². The zero-order valence-electron chi connectivity index (χ0n) is 34.0. The number of likely N-dealkylation sites (N-methyl/N-ethyl adjacent to an activating group) is 1. The van der Waals surface area contributed by atoms with E-state index in [9.17, 15) is 19.5 Å². The molecule has 8 nitrogen and oxygen atoms in total. The van der Waals surface area contributed by atoms with Gasteiger partial charge in [0, 0.05) is 19.3 Å². The minimum absolute atomic E-state index is 0.0505. The molecule has 0 amide bonds. The lowest BCUT2D eigenvalue weighted by Gasteiger charge is -2.31. The highest BCUT2D eigenvalue weighted by Gasteiger charge is 2.31. The molecule has 300 valence electrons. The van der Waals surface area contributed by atoms with Crippen LogP contribution in [0, 0.1) is 0 Å². The number of hydrogen-bond acceptors (Lipinski definition) is 6. The number of carbonyl (C=O) groups excluding carboxylic acids is 2. The number of ether oxygens (including phenoxy) is 3. The molecule has 0 bridgehead atoms. The van der Waals surface area contributed by atoms with E-state index < -0.39 is 18.1 Å². The lowest BCUT2D eigenvalue weighted by Crippen LogP contribution is -2.50. The SMILES string of the molecule is CC/C=C\C/C=C\C/C=C\CCCCCCCC(=O)OC(COCCC(C(=O)O)[N+](C)(C)C)COC(=O)CCCCCCC/C=C\CCCCCC. The van der Waals surface area contributed by atoms with Gasteiger partial charge in [0.15, 0.2) is 12.1 Å². The first-order valence-corrected chi connectivity index (χ1v) is 20.7. The van der Waals surface area contributed by atoms with Gasteiger partial charge in [-0.25, -0.2) is 4.79 Å². The zero-order chi connectivity index (χ0) is 38.5. The van der Waals surface area contributed by atoms with Crippen molar-refractivity contribution in [1.82, 2.24) is 0 Å². The fraction of sp³-hybridized carbons (Fsp3) is 0.750. The Bertz CT molecular complexity index is 995. The third-order valence-corrected chi connectivity index (χ3v) is 8.96. The van der Waals surface area contributed by atoms with Crippen LogP contribution in [0.15, 0.2) is 48.6 Å². The van der Waals surface area contributed by atoms with Crippen molar-refractivity contribution in [3.63, 3.8) is 0 Å². The highest BCUT2D eigenvalue weighted by Crippen LogP contribution is 2.13. The second kappa shape index (κ2) is 35.3. The molecule has 1 N–H and O–H groups in total. The molecule has 0 saturated carbocycles. The summed E-state index contributed by atoms with van der Waals surface area (Å²) in [5.41, 5.74) is 0. The van der Waals surface area contributed by atoms with Crippen molar-refractivity contribution in [3.05, 3.63) is 48.6 Å². The Balaban J connectivity index is 4.43. The van der Waals surface area contributed by atoms with Crippen LogP contribution in [0.3, 0.4) is 0 Å². The smallest absolute Gasteiger partial charge is 0.362 e. The summed E-state index contributed by atoms with van der Waals surface area (Å²) in [5, 5.41) is 9.60. The van der Waals surface area contributed by atoms with Crippen molar-refractivity contribution in [2.45, 2.75) is 174 Å². The number of carboxylic acid groups (broad SMARTS) is 1. The molecule has 2 unspecified atom stereocenters. The number of rotatable bonds is 36. The van der Waals surface area contributed by atoms with Crippen molar-refractivity contribution in [2.24, 2.45) is 0 Å². The third-order valence-electron chi connectivity index (χ3n) is 8.96. The van der Waals surface area contributed by atoms with Crippen LogP contribution in [0.2, 0.25) is 0 Å². The van der Waals surface area contributed by atoms with Gasteiger partial charge in [-0.15, -0.1) is 0 Å². The Labute approximate surface area is 318 Å². The van der Waals surface area contributed by atoms with Crippen LogP contribution in [0.4, 0.5) is 0 Å². The molecule has 52 heavy (non-hydrogen) atoms. The van der Waals surface area contributed by atoms with E-state index in [0.29, 0.717) is 19.3 Å². The lowest BCUT2D eigenvalue weighted by molar-refractivity contribution is -0.887. The molecule has 0 aliphatic carbocycles. The molecular formula is C44H78NO7+. The maximum absolute atomic E-state index is 12.7. The average Bonchev–Trinajstić information content (AvgIpc) is 3.09. The lowest BCUT2D eigenvalue weighted by atomic mass is 10.1. The number of carbonyl (C=O) groups is 3. The summed E-state index contributed by atoms with van der Waals surface area (Å²) in [6.45, 7) is 4.57. The summed E-state index contributed by atoms with van der Waals surface area (Å²) in [4.78, 5) is 36.9. The van der Waals surface area contributed by atoms with Gasteiger partial charge in [0.1, 0.15) is 6.61 Å². The number of esters is 2. The van der Waals surface area contributed by atoms with E-state index in [1.165, 1.54) is 38.5 Å². The number of nitrogens with zero attached hydrogens (tertiary/aromatic N) is 1. The second-order valence-electron chi connectivity index (χ2n) is 14.9. The number of allylic oxidation sites excluding steroid dienone is 8. The Morgan fingerprint density at radius 3 is 1.62 bits per heavy atom. The standard InChI is InChI=1S/C44H77NO7/c1-6-8-10-12-14-16-18-20-21-23-25-27-29-31-33-35-43(47)52-40(38-50-37-36-41(44(48)49)45(3,4)5)39-51-42(46)34-32-30-28-26-24-22-19-17-15-13-11-9-7-2/h8,10,14,16-17,19-21,40-41H,6-7,9,11-13,15,18,22-39H2,1-5H3/p+1/b10-8-,16-14-,19-17-,21-20-. The molecule has 0 aromatic carbocycles. The van der Waals surface area contributed by atoms with Crippen molar-refractivity contribution < 1.29 is 38.2 Å². The summed E-state index contributed by atoms with van der Waals surface area (Å²) in [5.74, 6) is -1.51. The first-order chi connectivity index (χ1) is 25.1. The number of carboxylic acids is 1. The molecule has 0 spiro atoms. The normalized spacial score (nSPS) is 13.5. The summed E-state index contributed by atoms with van der Waals surface area (Å²) < 4.78 is 17.2. The molecular weight excluding hydrogens is 654 g/mol. The van der Waals surface area contributed by atoms with Crippen molar-refractivity contribution in [1.29, 1.82) is 0 Å². The fourth-order valence-electron chi connectivity index (χ4n) is 5.75. The van der Waals surface area contributed by atoms with Gasteiger partial charge in [-0.3, -0.25) is 9.59 Å². The van der Waals surface area contributed by atoms with Gasteiger partial charge < -0.3 is 23.8 Å². The molecule has 0 aromatic heterocycles. The monoisotopic (exact) mass is 733 g/mol. The van der Waals surface area contributed by atoms with Crippen molar-refractivity contribution in [2.75, 3.05) is 41.0 Å². The van der Waals surface area contributed by atoms with Gasteiger partial charge in [-0.05, 0) is 70.6 Å². The maximum Gasteiger partial charge on any atom is 0.362 e. The predicted molar refractivity (Wildman–Crippen MR) is 215 cm³/mol. The highest BCUT2D eigenvalue weighted by atomic mass is 16.6. The van der Waals surface area contributed by atoms with E-state index in [1.807, 2.05) is 21.1 Å². The Morgan fingerprint density at radius 2 is 1.08 bits per heavy atom. The van der Waals surface area contributed by atoms with Crippen molar-refractivity contribution in [3.8, 4) is 0 Å². The van der Waals surface area contributed by atoms with E-state index in [2.05, 4.69) is 62.5 Å². The summed E-state index contributed by atoms with van der Waals surface area (Å²) >= 11 is 0. The van der Waals surface area contributed by atoms with E-state index in [0.717, 1.165) is 89.9 Å². The van der Waals surface area contributed by atoms with E-state index >= 15 is 0 Å². The number of quaternary nitrogens is 1. The maximum atomic E-state index is 12.7. The molecule has 0 rings (SSSR count). The van der Waals surface area contributed by atoms with Gasteiger partial charge in [-0.2, -0.15) is 0 Å². The molecule has 0 radical (unpaired) electrons. The quantitative estimate of drug-likeness (QED) is 0.0296. The van der Waals surface area contributed by atoms with Crippen LogP contribution in [0.1, 0.15) is 162 Å². The van der Waals surface area contributed by atoms with Crippen LogP contribution < -0.4 is 0 Å². The second-order valence-corrected chi connectivity index (χ2v) is 14.9. The van der Waals surface area contributed by atoms with Crippen LogP contribution in [-0.2, 0) is 28.6 Å². The predicted octanol–water partition coefficient (Wildman–Crippen LogP) is 10.9. The molecule has 8 heteroatoms. The number of hydrogen-bond donors (Lipinski definition) is 1. The number of unbranched alkanes of at least 4 members (excludes halogenated alkanes) is 14. The average molecular weight is 733 g/mol. The molecule has 0 saturated heterocycles. The van der Waals surface area contributed by atoms with Crippen LogP contribution in [0.25, 0.3) is 0 Å². The van der Waals surface area contributed by atoms with E-state index in [-0.39, 0.29) is 36.2 Å². The molecule has 0 aliphatic rings. The molecule has 0 aromatic rings. The van der Waals surface area contributed by atoms with E-state index in [1.54, 1.807) is 0 Å². The number of aliphatic carboxylic acids is 1. The van der Waals surface area contributed by atoms with Gasteiger partial charge in [0.25, 0.3) is 0 Å². The summed E-state index contributed by atoms with van der Waals surface area (Å²) in [7, 11) is 5.51. The Morgan fingerprint density at radius 1 is 0.596 bits per heavy atom. The largest absolute Gasteiger partial charge is 0.477 e. The van der Waals surface area contributed by atoms with Gasteiger partial charge in [0.2, 0.25) is 0 Å². The molecule has 0 aliphatic heterocycles. The van der Waals surface area contributed by atoms with Crippen LogP contribution >= 0.6 is 0 Å². The van der Waals surface area contributed by atoms with Gasteiger partial charge in [-0.1, -0.05) is 120 Å². The zero-order valence-corrected chi connectivity index (χ0v) is 34.0. The summed E-state index contributed by atoms with van der Waals surface area (Å²) in [6, 6.07) is -0.619. The fourth-order valence-corrected chi connectivity index (χ4v) is 5.75. The topological polar surface area (TPSA) is 99.1 Å². The molecule has 2 atom stereocenters. The Kier molecular flexibility index (Phi) is 33.5. The third kappa shape index (κ3) is 33.1. The van der Waals surface area contributed by atoms with Gasteiger partial charge >= 0.3 is 17.9 Å². The first kappa shape index (κ1) is 49.3.